The Bertz CT molecular complexity index is 975. The molecule has 9 heteroatoms. The topological polar surface area (TPSA) is 94.8 Å². The first-order valence-electron chi connectivity index (χ1n) is 8.25. The first-order valence-corrected chi connectivity index (χ1v) is 8.25. The quantitative estimate of drug-likeness (QED) is 0.494. The van der Waals surface area contributed by atoms with Crippen molar-refractivity contribution >= 4 is 30.8 Å². The van der Waals surface area contributed by atoms with Crippen LogP contribution in [0.2, 0.25) is 0 Å². The number of anilines is 1. The van der Waals surface area contributed by atoms with Gasteiger partial charge in [-0.15, -0.1) is 29.9 Å². The second-order valence-electron chi connectivity index (χ2n) is 5.79. The fourth-order valence-corrected chi connectivity index (χ4v) is 2.72. The highest BCUT2D eigenvalue weighted by Gasteiger charge is 2.16. The SMILES string of the molecule is Cl.Cl.N[C@H](c1ccccc1)c1nnc(NCc2ccccc2-n2ccnc2)o1. The van der Waals surface area contributed by atoms with Crippen molar-refractivity contribution in [1.82, 2.24) is 19.7 Å². The van der Waals surface area contributed by atoms with Gasteiger partial charge < -0.3 is 20.0 Å². The average Bonchev–Trinajstić information content (AvgIpc) is 3.39. The summed E-state index contributed by atoms with van der Waals surface area (Å²) in [6, 6.07) is 17.6. The zero-order chi connectivity index (χ0) is 17.8. The third-order valence-electron chi connectivity index (χ3n) is 4.07. The van der Waals surface area contributed by atoms with Gasteiger partial charge in [0.05, 0.1) is 12.0 Å². The van der Waals surface area contributed by atoms with E-state index in [1.165, 1.54) is 0 Å². The molecule has 0 aliphatic rings. The molecule has 2 aromatic carbocycles. The van der Waals surface area contributed by atoms with Gasteiger partial charge in [0, 0.05) is 18.9 Å². The van der Waals surface area contributed by atoms with Crippen LogP contribution in [-0.2, 0) is 6.54 Å². The van der Waals surface area contributed by atoms with Crippen LogP contribution in [0.4, 0.5) is 6.01 Å². The van der Waals surface area contributed by atoms with Gasteiger partial charge in [-0.2, -0.15) is 0 Å². The Kier molecular flexibility index (Phi) is 7.57. The number of nitrogens with zero attached hydrogens (tertiary/aromatic N) is 4. The van der Waals surface area contributed by atoms with Crippen LogP contribution in [0.3, 0.4) is 0 Å². The lowest BCUT2D eigenvalue weighted by atomic mass is 10.1. The van der Waals surface area contributed by atoms with Crippen molar-refractivity contribution in [2.75, 3.05) is 5.32 Å². The fourth-order valence-electron chi connectivity index (χ4n) is 2.72. The molecule has 2 heterocycles. The van der Waals surface area contributed by atoms with Crippen molar-refractivity contribution in [1.29, 1.82) is 0 Å². The van der Waals surface area contributed by atoms with Crippen molar-refractivity contribution in [3.05, 3.63) is 90.3 Å². The highest BCUT2D eigenvalue weighted by molar-refractivity contribution is 5.85. The van der Waals surface area contributed by atoms with E-state index in [9.17, 15) is 0 Å². The number of aromatic nitrogens is 4. The van der Waals surface area contributed by atoms with E-state index in [4.69, 9.17) is 10.2 Å². The summed E-state index contributed by atoms with van der Waals surface area (Å²) in [5.41, 5.74) is 9.24. The molecule has 0 radical (unpaired) electrons. The normalized spacial score (nSPS) is 11.2. The lowest BCUT2D eigenvalue weighted by molar-refractivity contribution is 0.483. The number of rotatable bonds is 6. The molecule has 0 fully saturated rings. The van der Waals surface area contributed by atoms with Gasteiger partial charge in [-0.25, -0.2) is 4.98 Å². The third kappa shape index (κ3) is 4.69. The number of hydrogen-bond acceptors (Lipinski definition) is 6. The van der Waals surface area contributed by atoms with Crippen molar-refractivity contribution in [2.24, 2.45) is 5.73 Å². The summed E-state index contributed by atoms with van der Waals surface area (Å²) in [5, 5.41) is 11.3. The minimum atomic E-state index is -0.447. The van der Waals surface area contributed by atoms with Crippen LogP contribution in [-0.4, -0.2) is 19.7 Å². The number of benzene rings is 2. The van der Waals surface area contributed by atoms with Crippen LogP contribution in [0.1, 0.15) is 23.1 Å². The van der Waals surface area contributed by atoms with E-state index >= 15 is 0 Å². The van der Waals surface area contributed by atoms with E-state index in [2.05, 4.69) is 20.5 Å². The van der Waals surface area contributed by atoms with Crippen molar-refractivity contribution < 1.29 is 4.42 Å². The first kappa shape index (κ1) is 21.4. The molecule has 4 rings (SSSR count). The Morgan fingerprint density at radius 3 is 2.50 bits per heavy atom. The molecule has 146 valence electrons. The van der Waals surface area contributed by atoms with Crippen LogP contribution in [0.25, 0.3) is 5.69 Å². The Morgan fingerprint density at radius 2 is 1.75 bits per heavy atom. The summed E-state index contributed by atoms with van der Waals surface area (Å²) in [4.78, 5) is 4.10. The summed E-state index contributed by atoms with van der Waals surface area (Å²) in [7, 11) is 0. The molecule has 0 aliphatic heterocycles. The predicted molar refractivity (Wildman–Crippen MR) is 112 cm³/mol. The molecule has 2 aromatic heterocycles. The summed E-state index contributed by atoms with van der Waals surface area (Å²) in [6.45, 7) is 0.538. The lowest BCUT2D eigenvalue weighted by Gasteiger charge is -2.10. The molecule has 1 atom stereocenters. The van der Waals surface area contributed by atoms with Crippen molar-refractivity contribution in [2.45, 2.75) is 12.6 Å². The molecule has 7 nitrogen and oxygen atoms in total. The van der Waals surface area contributed by atoms with E-state index in [0.29, 0.717) is 18.5 Å². The highest BCUT2D eigenvalue weighted by atomic mass is 35.5. The van der Waals surface area contributed by atoms with Crippen LogP contribution < -0.4 is 11.1 Å². The van der Waals surface area contributed by atoms with E-state index < -0.39 is 6.04 Å². The molecule has 0 aliphatic carbocycles. The highest BCUT2D eigenvalue weighted by Crippen LogP contribution is 2.20. The molecule has 4 aromatic rings. The first-order chi connectivity index (χ1) is 12.8. The molecule has 0 saturated heterocycles. The van der Waals surface area contributed by atoms with Crippen molar-refractivity contribution in [3.8, 4) is 5.69 Å². The molecule has 0 spiro atoms. The maximum atomic E-state index is 6.19. The largest absolute Gasteiger partial charge is 0.406 e. The Morgan fingerprint density at radius 1 is 1.00 bits per heavy atom. The number of nitrogens with two attached hydrogens (primary N) is 1. The molecule has 28 heavy (non-hydrogen) atoms. The van der Waals surface area contributed by atoms with Crippen LogP contribution in [0.15, 0.2) is 77.7 Å². The zero-order valence-corrected chi connectivity index (χ0v) is 16.4. The Labute approximate surface area is 174 Å². The lowest BCUT2D eigenvalue weighted by Crippen LogP contribution is -2.12. The van der Waals surface area contributed by atoms with Gasteiger partial charge in [0.15, 0.2) is 0 Å². The van der Waals surface area contributed by atoms with E-state index in [1.54, 1.807) is 12.5 Å². The van der Waals surface area contributed by atoms with Gasteiger partial charge in [0.25, 0.3) is 0 Å². The molecule has 0 bridgehead atoms. The number of halogens is 2. The zero-order valence-electron chi connectivity index (χ0n) is 14.8. The molecular formula is C19H20Cl2N6O. The van der Waals surface area contributed by atoms with Gasteiger partial charge in [-0.05, 0) is 17.2 Å². The van der Waals surface area contributed by atoms with Crippen LogP contribution in [0, 0.1) is 0 Å². The number of nitrogens with one attached hydrogen (secondary N) is 1. The minimum Gasteiger partial charge on any atom is -0.406 e. The predicted octanol–water partition coefficient (Wildman–Crippen LogP) is 3.76. The molecule has 0 saturated carbocycles. The Hall–Kier alpha value is -2.87. The van der Waals surface area contributed by atoms with E-state index in [1.807, 2.05) is 65.4 Å². The Balaban J connectivity index is 0.00000140. The number of imidazole rings is 1. The van der Waals surface area contributed by atoms with Crippen LogP contribution in [0.5, 0.6) is 0 Å². The third-order valence-corrected chi connectivity index (χ3v) is 4.07. The van der Waals surface area contributed by atoms with Gasteiger partial charge in [0.2, 0.25) is 5.89 Å². The second-order valence-corrected chi connectivity index (χ2v) is 5.79. The summed E-state index contributed by atoms with van der Waals surface area (Å²) < 4.78 is 7.63. The van der Waals surface area contributed by atoms with E-state index in [0.717, 1.165) is 16.8 Å². The standard InChI is InChI=1S/C19H18N6O.2ClH/c20-17(14-6-2-1-3-7-14)18-23-24-19(26-18)22-12-15-8-4-5-9-16(15)25-11-10-21-13-25;;/h1-11,13,17H,12,20H2,(H,22,24);2*1H/t17-;;/m1../s1. The fraction of sp³-hybridized carbons (Fsp3) is 0.105. The maximum absolute atomic E-state index is 6.19. The summed E-state index contributed by atoms with van der Waals surface area (Å²) in [5.74, 6) is 0.376. The second kappa shape index (κ2) is 9.89. The minimum absolute atomic E-state index is 0. The smallest absolute Gasteiger partial charge is 0.315 e. The van der Waals surface area contributed by atoms with Gasteiger partial charge in [-0.1, -0.05) is 53.6 Å². The average molecular weight is 419 g/mol. The molecule has 3 N–H and O–H groups in total. The molecular weight excluding hydrogens is 399 g/mol. The van der Waals surface area contributed by atoms with Gasteiger partial charge in [-0.3, -0.25) is 0 Å². The number of para-hydroxylation sites is 1. The molecule has 0 amide bonds. The van der Waals surface area contributed by atoms with E-state index in [-0.39, 0.29) is 24.8 Å². The van der Waals surface area contributed by atoms with Gasteiger partial charge >= 0.3 is 6.01 Å². The van der Waals surface area contributed by atoms with Crippen molar-refractivity contribution in [3.63, 3.8) is 0 Å². The number of hydrogen-bond donors (Lipinski definition) is 2. The van der Waals surface area contributed by atoms with Gasteiger partial charge in [0.1, 0.15) is 6.04 Å². The summed E-state index contributed by atoms with van der Waals surface area (Å²) in [6.07, 6.45) is 5.42. The monoisotopic (exact) mass is 418 g/mol. The maximum Gasteiger partial charge on any atom is 0.315 e. The van der Waals surface area contributed by atoms with Crippen LogP contribution >= 0.6 is 24.8 Å². The molecule has 0 unspecified atom stereocenters. The summed E-state index contributed by atoms with van der Waals surface area (Å²) >= 11 is 0.